The van der Waals surface area contributed by atoms with E-state index in [1.165, 1.54) is 26.4 Å². The Morgan fingerprint density at radius 3 is 2.15 bits per heavy atom. The topological polar surface area (TPSA) is 64.0 Å². The molecule has 0 spiro atoms. The van der Waals surface area contributed by atoms with Gasteiger partial charge in [0.05, 0.1) is 39.9 Å². The van der Waals surface area contributed by atoms with Crippen molar-refractivity contribution < 1.29 is 27.2 Å². The Morgan fingerprint density at radius 1 is 0.971 bits per heavy atom. The summed E-state index contributed by atoms with van der Waals surface area (Å²) in [6, 6.07) is 12.3. The minimum absolute atomic E-state index is 0. The van der Waals surface area contributed by atoms with E-state index in [0.29, 0.717) is 36.8 Å². The van der Waals surface area contributed by atoms with Gasteiger partial charge in [-0.3, -0.25) is 0 Å². The minimum Gasteiger partial charge on any atom is -0.493 e. The number of hydrogen-bond acceptors (Lipinski definition) is 6. The van der Waals surface area contributed by atoms with Crippen LogP contribution in [0.1, 0.15) is 45.9 Å². The summed E-state index contributed by atoms with van der Waals surface area (Å²) in [6.45, 7) is -4.03. The first-order valence-corrected chi connectivity index (χ1v) is 10.7. The van der Waals surface area contributed by atoms with E-state index in [-0.39, 0.29) is 30.1 Å². The van der Waals surface area contributed by atoms with Gasteiger partial charge in [0.15, 0.2) is 23.0 Å². The summed E-state index contributed by atoms with van der Waals surface area (Å²) in [7, 11) is 7.94. The van der Waals surface area contributed by atoms with Gasteiger partial charge in [-0.05, 0) is 74.1 Å². The fraction of sp³-hybridized carbons (Fsp3) is 0.519. The average molecular weight is 497 g/mol. The molecule has 0 N–H and O–H groups in total. The number of nitrogens with zero attached hydrogens (tertiary/aromatic N) is 2. The molecule has 2 atom stereocenters. The summed E-state index contributed by atoms with van der Waals surface area (Å²) in [4.78, 5) is 2.05. The van der Waals surface area contributed by atoms with Crippen LogP contribution in [0.2, 0.25) is 0 Å². The maximum Gasteiger partial charge on any atom is 0.161 e. The van der Waals surface area contributed by atoms with Gasteiger partial charge in [0.25, 0.3) is 0 Å². The van der Waals surface area contributed by atoms with Crippen molar-refractivity contribution in [1.29, 1.82) is 5.26 Å². The maximum atomic E-state index is 10.5. The molecule has 0 heterocycles. The van der Waals surface area contributed by atoms with Crippen LogP contribution in [-0.2, 0) is 11.8 Å². The van der Waals surface area contributed by atoms with Gasteiger partial charge in [-0.2, -0.15) is 5.26 Å². The Morgan fingerprint density at radius 2 is 1.59 bits per heavy atom. The lowest BCUT2D eigenvalue weighted by molar-refractivity contribution is 0.292. The molecule has 0 bridgehead atoms. The van der Waals surface area contributed by atoms with Gasteiger partial charge in [-0.15, -0.1) is 12.4 Å². The highest BCUT2D eigenvalue weighted by atomic mass is 35.5. The van der Waals surface area contributed by atoms with Crippen molar-refractivity contribution in [2.75, 3.05) is 48.6 Å². The van der Waals surface area contributed by atoms with Crippen LogP contribution in [0, 0.1) is 17.2 Å². The van der Waals surface area contributed by atoms with Crippen molar-refractivity contribution in [3.63, 3.8) is 0 Å². The van der Waals surface area contributed by atoms with Gasteiger partial charge < -0.3 is 23.8 Å². The second-order valence-corrected chi connectivity index (χ2v) is 7.85. The molecule has 188 valence electrons. The summed E-state index contributed by atoms with van der Waals surface area (Å²) in [5, 5.41) is 10.5. The number of likely N-dealkylation sites (N-methyl/N-ethyl adjacent to an activating group) is 1. The molecule has 0 radical (unpaired) electrons. The standard InChI is InChI=1S/C27H38N2O4.ClH/c1-20(2)27(19-28,22-10-12-24(31-5)26(18-22)33-7)14-8-15-29(3)16-13-21-9-11-23(30-4)25(17-21)32-6;/h9-12,17-18,20H,8,13-16H2,1-7H3;1H/t27-;/m0./s1/i1D2,2D3,20D;/t20?,27-;. The Hall–Kier alpha value is -2.62. The molecule has 0 aliphatic carbocycles. The number of halogens is 1. The van der Waals surface area contributed by atoms with Crippen LogP contribution in [0.4, 0.5) is 0 Å². The largest absolute Gasteiger partial charge is 0.493 e. The van der Waals surface area contributed by atoms with E-state index < -0.39 is 25.0 Å². The Bertz CT molecular complexity index is 1150. The van der Waals surface area contributed by atoms with Gasteiger partial charge >= 0.3 is 0 Å². The zero-order valence-corrected chi connectivity index (χ0v) is 21.3. The van der Waals surface area contributed by atoms with E-state index in [1.807, 2.05) is 30.1 Å². The third-order valence-electron chi connectivity index (χ3n) is 5.85. The zero-order valence-electron chi connectivity index (χ0n) is 26.5. The van der Waals surface area contributed by atoms with Gasteiger partial charge in [0.1, 0.15) is 0 Å². The summed E-state index contributed by atoms with van der Waals surface area (Å²) >= 11 is 0. The number of nitriles is 1. The SMILES string of the molecule is Cl.[2H]C([2H])C([2H])(C([2H])([2H])[2H])[C@@](C#N)(CCCN(C)CCc1ccc(OC)c(OC)c1)c1ccc(OC)c(OC)c1. The number of benzene rings is 2. The molecule has 0 saturated heterocycles. The fourth-order valence-corrected chi connectivity index (χ4v) is 3.80. The molecule has 0 amide bonds. The Labute approximate surface area is 219 Å². The highest BCUT2D eigenvalue weighted by Crippen LogP contribution is 2.40. The van der Waals surface area contributed by atoms with Crippen molar-refractivity contribution in [3.05, 3.63) is 47.5 Å². The first-order chi connectivity index (χ1) is 18.3. The normalized spacial score (nSPS) is 17.2. The van der Waals surface area contributed by atoms with Crippen LogP contribution >= 0.6 is 12.4 Å². The summed E-state index contributed by atoms with van der Waals surface area (Å²) in [6.07, 6.45) is 1.03. The predicted octanol–water partition coefficient (Wildman–Crippen LogP) is 5.51. The molecule has 2 aromatic carbocycles. The average Bonchev–Trinajstić information content (AvgIpc) is 2.92. The van der Waals surface area contributed by atoms with E-state index >= 15 is 0 Å². The van der Waals surface area contributed by atoms with Crippen LogP contribution in [0.15, 0.2) is 36.4 Å². The van der Waals surface area contributed by atoms with Crippen molar-refractivity contribution in [3.8, 4) is 29.1 Å². The smallest absolute Gasteiger partial charge is 0.161 e. The van der Waals surface area contributed by atoms with E-state index in [9.17, 15) is 5.26 Å². The molecular formula is C27H39ClN2O4. The molecule has 0 saturated carbocycles. The lowest BCUT2D eigenvalue weighted by Gasteiger charge is -2.32. The second-order valence-electron chi connectivity index (χ2n) is 7.85. The highest BCUT2D eigenvalue weighted by molar-refractivity contribution is 5.85. The molecule has 0 aliphatic heterocycles. The van der Waals surface area contributed by atoms with E-state index in [2.05, 4.69) is 6.07 Å². The molecule has 0 aromatic heterocycles. The molecule has 0 aliphatic rings. The van der Waals surface area contributed by atoms with Gasteiger partial charge in [0.2, 0.25) is 0 Å². The molecule has 2 rings (SSSR count). The fourth-order valence-electron chi connectivity index (χ4n) is 3.80. The second kappa shape index (κ2) is 13.9. The molecule has 6 nitrogen and oxygen atoms in total. The van der Waals surface area contributed by atoms with Crippen LogP contribution in [0.25, 0.3) is 0 Å². The quantitative estimate of drug-likeness (QED) is 0.364. The molecule has 7 heteroatoms. The maximum absolute atomic E-state index is 10.5. The number of methoxy groups -OCH3 is 4. The number of rotatable bonds is 13. The van der Waals surface area contributed by atoms with Crippen molar-refractivity contribution >= 4 is 12.4 Å². The number of hydrogen-bond donors (Lipinski definition) is 0. The van der Waals surface area contributed by atoms with Crippen LogP contribution in [0.5, 0.6) is 23.0 Å². The monoisotopic (exact) mass is 496 g/mol. The zero-order chi connectivity index (χ0) is 29.4. The third kappa shape index (κ3) is 6.94. The third-order valence-corrected chi connectivity index (χ3v) is 5.85. The molecular weight excluding hydrogens is 452 g/mol. The lowest BCUT2D eigenvalue weighted by atomic mass is 9.69. The van der Waals surface area contributed by atoms with Gasteiger partial charge in [0, 0.05) is 14.8 Å². The van der Waals surface area contributed by atoms with E-state index in [4.69, 9.17) is 27.2 Å². The molecule has 2 aromatic rings. The van der Waals surface area contributed by atoms with Crippen LogP contribution < -0.4 is 18.9 Å². The highest BCUT2D eigenvalue weighted by Gasteiger charge is 2.36. The molecule has 1 unspecified atom stereocenters. The molecule has 34 heavy (non-hydrogen) atoms. The van der Waals surface area contributed by atoms with Crippen molar-refractivity contribution in [2.24, 2.45) is 5.89 Å². The van der Waals surface area contributed by atoms with Crippen molar-refractivity contribution in [2.45, 2.75) is 38.4 Å². The van der Waals surface area contributed by atoms with Crippen molar-refractivity contribution in [1.82, 2.24) is 4.90 Å². The van der Waals surface area contributed by atoms with Crippen LogP contribution in [0.3, 0.4) is 0 Å². The van der Waals surface area contributed by atoms with Gasteiger partial charge in [-0.25, -0.2) is 0 Å². The van der Waals surface area contributed by atoms with E-state index in [0.717, 1.165) is 12.0 Å². The molecule has 0 fully saturated rings. The first kappa shape index (κ1) is 20.7. The predicted molar refractivity (Wildman–Crippen MR) is 139 cm³/mol. The summed E-state index contributed by atoms with van der Waals surface area (Å²) in [5.74, 6) is -0.801. The summed E-state index contributed by atoms with van der Waals surface area (Å²) in [5.41, 5.74) is -0.739. The Kier molecular flexibility index (Phi) is 8.50. The first-order valence-electron chi connectivity index (χ1n) is 13.9. The van der Waals surface area contributed by atoms with Crippen LogP contribution in [-0.4, -0.2) is 53.5 Å². The van der Waals surface area contributed by atoms with Gasteiger partial charge in [-0.1, -0.05) is 25.9 Å². The Balaban J connectivity index is 0.00000800. The lowest BCUT2D eigenvalue weighted by Crippen LogP contribution is -2.32. The number of ether oxygens (including phenoxy) is 4. The minimum atomic E-state index is -3.08. The summed E-state index contributed by atoms with van der Waals surface area (Å²) < 4.78 is 70.8. The van der Waals surface area contributed by atoms with E-state index in [1.54, 1.807) is 20.3 Å².